The molecule has 90 valence electrons. The molecule has 18 heavy (non-hydrogen) atoms. The third-order valence-electron chi connectivity index (χ3n) is 2.38. The predicted molar refractivity (Wildman–Crippen MR) is 71.3 cm³/mol. The standard InChI is InChI=1S/C11H9N5S2/c1-3-9(10-6-18-16-14-10)4-2-8(1)5-17-11-12-7-13-15-11/h1-4,6-7H,5H2,(H,12,13,15). The van der Waals surface area contributed by atoms with Crippen LogP contribution in [0.25, 0.3) is 11.3 Å². The first-order valence-corrected chi connectivity index (χ1v) is 7.08. The summed E-state index contributed by atoms with van der Waals surface area (Å²) in [6, 6.07) is 8.32. The Morgan fingerprint density at radius 1 is 1.22 bits per heavy atom. The molecule has 0 spiro atoms. The second kappa shape index (κ2) is 5.28. The van der Waals surface area contributed by atoms with Gasteiger partial charge in [0.2, 0.25) is 0 Å². The van der Waals surface area contributed by atoms with E-state index in [0.29, 0.717) is 0 Å². The fourth-order valence-corrected chi connectivity index (χ4v) is 2.68. The molecule has 0 saturated carbocycles. The van der Waals surface area contributed by atoms with Crippen LogP contribution in [0.2, 0.25) is 0 Å². The molecule has 5 nitrogen and oxygen atoms in total. The zero-order valence-electron chi connectivity index (χ0n) is 9.28. The fraction of sp³-hybridized carbons (Fsp3) is 0.0909. The number of aromatic nitrogens is 5. The Labute approximate surface area is 112 Å². The van der Waals surface area contributed by atoms with E-state index in [1.165, 1.54) is 23.4 Å². The van der Waals surface area contributed by atoms with E-state index in [2.05, 4.69) is 49.0 Å². The lowest BCUT2D eigenvalue weighted by Crippen LogP contribution is -1.83. The van der Waals surface area contributed by atoms with Gasteiger partial charge < -0.3 is 0 Å². The van der Waals surface area contributed by atoms with Crippen LogP contribution in [-0.4, -0.2) is 24.8 Å². The number of hydrogen-bond donors (Lipinski definition) is 1. The summed E-state index contributed by atoms with van der Waals surface area (Å²) in [6.07, 6.45) is 1.51. The van der Waals surface area contributed by atoms with Crippen molar-refractivity contribution in [1.29, 1.82) is 0 Å². The number of aromatic amines is 1. The van der Waals surface area contributed by atoms with Crippen LogP contribution in [0.5, 0.6) is 0 Å². The average Bonchev–Trinajstić information content (AvgIpc) is 3.10. The van der Waals surface area contributed by atoms with Gasteiger partial charge in [0.15, 0.2) is 5.16 Å². The van der Waals surface area contributed by atoms with E-state index >= 15 is 0 Å². The van der Waals surface area contributed by atoms with E-state index in [-0.39, 0.29) is 0 Å². The summed E-state index contributed by atoms with van der Waals surface area (Å²) in [7, 11) is 0. The minimum Gasteiger partial charge on any atom is -0.254 e. The van der Waals surface area contributed by atoms with Gasteiger partial charge in [-0.3, -0.25) is 5.10 Å². The van der Waals surface area contributed by atoms with Crippen LogP contribution in [-0.2, 0) is 5.75 Å². The summed E-state index contributed by atoms with van der Waals surface area (Å²) in [4.78, 5) is 4.07. The summed E-state index contributed by atoms with van der Waals surface area (Å²) >= 11 is 2.99. The van der Waals surface area contributed by atoms with Crippen molar-refractivity contribution in [3.05, 3.63) is 41.5 Å². The monoisotopic (exact) mass is 275 g/mol. The van der Waals surface area contributed by atoms with Crippen molar-refractivity contribution < 1.29 is 0 Å². The van der Waals surface area contributed by atoms with Gasteiger partial charge in [0, 0.05) is 16.7 Å². The summed E-state index contributed by atoms with van der Waals surface area (Å²) in [5.74, 6) is 0.866. The molecular weight excluding hydrogens is 266 g/mol. The molecule has 0 atom stereocenters. The van der Waals surface area contributed by atoms with Crippen molar-refractivity contribution in [1.82, 2.24) is 24.8 Å². The fourth-order valence-electron chi connectivity index (χ4n) is 1.48. The highest BCUT2D eigenvalue weighted by Gasteiger charge is 2.02. The molecule has 3 rings (SSSR count). The van der Waals surface area contributed by atoms with Crippen molar-refractivity contribution in [3.8, 4) is 11.3 Å². The van der Waals surface area contributed by atoms with Crippen LogP contribution in [0.15, 0.2) is 41.1 Å². The van der Waals surface area contributed by atoms with Crippen LogP contribution in [0.1, 0.15) is 5.56 Å². The maximum absolute atomic E-state index is 4.07. The minimum absolute atomic E-state index is 0.836. The largest absolute Gasteiger partial charge is 0.254 e. The highest BCUT2D eigenvalue weighted by molar-refractivity contribution is 7.98. The number of hydrogen-bond acceptors (Lipinski definition) is 6. The van der Waals surface area contributed by atoms with E-state index in [1.807, 2.05) is 5.38 Å². The van der Waals surface area contributed by atoms with Crippen LogP contribution in [0, 0.1) is 0 Å². The van der Waals surface area contributed by atoms with Gasteiger partial charge in [-0.25, -0.2) is 4.98 Å². The molecule has 3 aromatic rings. The van der Waals surface area contributed by atoms with Gasteiger partial charge in [-0.1, -0.05) is 40.5 Å². The maximum Gasteiger partial charge on any atom is 0.183 e. The summed E-state index contributed by atoms with van der Waals surface area (Å²) in [5.41, 5.74) is 3.26. The molecule has 0 radical (unpaired) electrons. The molecule has 0 amide bonds. The van der Waals surface area contributed by atoms with Gasteiger partial charge in [0.25, 0.3) is 0 Å². The Balaban J connectivity index is 1.68. The second-order valence-electron chi connectivity index (χ2n) is 3.57. The first kappa shape index (κ1) is 11.4. The third-order valence-corrected chi connectivity index (χ3v) is 3.83. The first-order valence-electron chi connectivity index (χ1n) is 5.26. The number of H-pyrrole nitrogens is 1. The Kier molecular flexibility index (Phi) is 3.33. The smallest absolute Gasteiger partial charge is 0.183 e. The van der Waals surface area contributed by atoms with Crippen molar-refractivity contribution in [2.24, 2.45) is 0 Å². The predicted octanol–water partition coefficient (Wildman–Crippen LogP) is 2.62. The van der Waals surface area contributed by atoms with Crippen molar-refractivity contribution >= 4 is 23.3 Å². The number of thioether (sulfide) groups is 1. The van der Waals surface area contributed by atoms with Gasteiger partial charge in [-0.2, -0.15) is 5.10 Å². The SMILES string of the molecule is c1n[nH]c(SCc2ccc(-c3csnn3)cc2)n1. The van der Waals surface area contributed by atoms with E-state index in [1.54, 1.807) is 11.8 Å². The topological polar surface area (TPSA) is 67.3 Å². The van der Waals surface area contributed by atoms with Crippen LogP contribution < -0.4 is 0 Å². The molecule has 2 aromatic heterocycles. The molecule has 1 N–H and O–H groups in total. The van der Waals surface area contributed by atoms with Crippen molar-refractivity contribution in [2.75, 3.05) is 0 Å². The number of rotatable bonds is 4. The van der Waals surface area contributed by atoms with Gasteiger partial charge in [0.05, 0.1) is 0 Å². The van der Waals surface area contributed by atoms with Gasteiger partial charge in [-0.05, 0) is 17.1 Å². The molecule has 1 aromatic carbocycles. The second-order valence-corrected chi connectivity index (χ2v) is 5.14. The van der Waals surface area contributed by atoms with Crippen LogP contribution in [0.4, 0.5) is 0 Å². The molecular formula is C11H9N5S2. The molecule has 0 unspecified atom stereocenters. The Bertz CT molecular complexity index is 589. The zero-order chi connectivity index (χ0) is 12.2. The van der Waals surface area contributed by atoms with Gasteiger partial charge >= 0.3 is 0 Å². The summed E-state index contributed by atoms with van der Waals surface area (Å²) < 4.78 is 3.86. The van der Waals surface area contributed by atoms with Crippen molar-refractivity contribution in [2.45, 2.75) is 10.9 Å². The Morgan fingerprint density at radius 2 is 2.11 bits per heavy atom. The third kappa shape index (κ3) is 2.57. The quantitative estimate of drug-likeness (QED) is 0.741. The number of nitrogens with one attached hydrogen (secondary N) is 1. The molecule has 7 heteroatoms. The van der Waals surface area contributed by atoms with E-state index in [9.17, 15) is 0 Å². The normalized spacial score (nSPS) is 10.7. The molecule has 0 bridgehead atoms. The molecule has 0 aliphatic carbocycles. The van der Waals surface area contributed by atoms with E-state index in [4.69, 9.17) is 0 Å². The molecule has 0 aliphatic heterocycles. The number of nitrogens with zero attached hydrogens (tertiary/aromatic N) is 4. The van der Waals surface area contributed by atoms with Crippen LogP contribution in [0.3, 0.4) is 0 Å². The number of benzene rings is 1. The lowest BCUT2D eigenvalue weighted by atomic mass is 10.1. The first-order chi connectivity index (χ1) is 8.92. The zero-order valence-corrected chi connectivity index (χ0v) is 10.9. The highest BCUT2D eigenvalue weighted by atomic mass is 32.2. The molecule has 0 aliphatic rings. The summed E-state index contributed by atoms with van der Waals surface area (Å²) in [6.45, 7) is 0. The molecule has 0 saturated heterocycles. The van der Waals surface area contributed by atoms with E-state index < -0.39 is 0 Å². The minimum atomic E-state index is 0.836. The molecule has 2 heterocycles. The van der Waals surface area contributed by atoms with Gasteiger partial charge in [0.1, 0.15) is 12.0 Å². The van der Waals surface area contributed by atoms with Crippen LogP contribution >= 0.6 is 23.3 Å². The van der Waals surface area contributed by atoms with Gasteiger partial charge in [-0.15, -0.1) is 5.10 Å². The van der Waals surface area contributed by atoms with Crippen molar-refractivity contribution in [3.63, 3.8) is 0 Å². The Hall–Kier alpha value is -1.73. The van der Waals surface area contributed by atoms with E-state index in [0.717, 1.165) is 22.2 Å². The lowest BCUT2D eigenvalue weighted by molar-refractivity contribution is 0.973. The Morgan fingerprint density at radius 3 is 2.78 bits per heavy atom. The lowest BCUT2D eigenvalue weighted by Gasteiger charge is -2.00. The highest BCUT2D eigenvalue weighted by Crippen LogP contribution is 2.22. The average molecular weight is 275 g/mol. The summed E-state index contributed by atoms with van der Waals surface area (Å²) in [5, 5.41) is 13.5. The maximum atomic E-state index is 4.07. The molecule has 0 fully saturated rings.